The van der Waals surface area contributed by atoms with Gasteiger partial charge in [-0.15, -0.1) is 11.3 Å². The van der Waals surface area contributed by atoms with Gasteiger partial charge in [0, 0.05) is 18.3 Å². The number of esters is 1. The number of carbonyl (C=O) groups excluding carboxylic acids is 3. The van der Waals surface area contributed by atoms with E-state index in [1.807, 2.05) is 24.3 Å². The van der Waals surface area contributed by atoms with Crippen LogP contribution < -0.4 is 10.1 Å². The molecule has 8 heteroatoms. The molecule has 31 heavy (non-hydrogen) atoms. The summed E-state index contributed by atoms with van der Waals surface area (Å²) in [4.78, 5) is 39.5. The van der Waals surface area contributed by atoms with E-state index in [1.54, 1.807) is 11.8 Å². The predicted molar refractivity (Wildman–Crippen MR) is 120 cm³/mol. The molecule has 0 spiro atoms. The molecule has 2 amide bonds. The first-order valence-electron chi connectivity index (χ1n) is 10.4. The molecule has 0 atom stereocenters. The van der Waals surface area contributed by atoms with Gasteiger partial charge in [0.25, 0.3) is 5.91 Å². The van der Waals surface area contributed by atoms with Crippen molar-refractivity contribution in [3.63, 3.8) is 0 Å². The summed E-state index contributed by atoms with van der Waals surface area (Å²) in [6, 6.07) is 7.63. The van der Waals surface area contributed by atoms with Gasteiger partial charge in [-0.25, -0.2) is 4.79 Å². The largest absolute Gasteiger partial charge is 0.484 e. The van der Waals surface area contributed by atoms with E-state index in [1.165, 1.54) is 23.8 Å². The highest BCUT2D eigenvalue weighted by molar-refractivity contribution is 7.17. The highest BCUT2D eigenvalue weighted by Gasteiger charge is 2.30. The topological polar surface area (TPSA) is 84.9 Å². The Morgan fingerprint density at radius 1 is 1.19 bits per heavy atom. The molecule has 0 radical (unpaired) electrons. The minimum absolute atomic E-state index is 0.0146. The van der Waals surface area contributed by atoms with Gasteiger partial charge < -0.3 is 19.7 Å². The smallest absolute Gasteiger partial charge is 0.341 e. The first-order valence-corrected chi connectivity index (χ1v) is 11.2. The minimum Gasteiger partial charge on any atom is -0.484 e. The summed E-state index contributed by atoms with van der Waals surface area (Å²) in [6.45, 7) is 8.52. The number of hydrogen-bond donors (Lipinski definition) is 1. The number of rotatable bonds is 7. The van der Waals surface area contributed by atoms with Crippen molar-refractivity contribution in [2.24, 2.45) is 0 Å². The number of ether oxygens (including phenoxy) is 2. The molecule has 1 aromatic carbocycles. The van der Waals surface area contributed by atoms with Crippen LogP contribution in [0.15, 0.2) is 24.3 Å². The summed E-state index contributed by atoms with van der Waals surface area (Å²) in [5.74, 6) is 0.187. The Bertz CT molecular complexity index is 965. The van der Waals surface area contributed by atoms with Crippen LogP contribution in [0.4, 0.5) is 5.00 Å². The Morgan fingerprint density at radius 2 is 1.90 bits per heavy atom. The maximum absolute atomic E-state index is 12.6. The second-order valence-electron chi connectivity index (χ2n) is 7.68. The molecule has 2 aromatic rings. The van der Waals surface area contributed by atoms with Crippen LogP contribution in [0.2, 0.25) is 0 Å². The van der Waals surface area contributed by atoms with Gasteiger partial charge >= 0.3 is 5.97 Å². The van der Waals surface area contributed by atoms with Crippen molar-refractivity contribution in [3.05, 3.63) is 45.8 Å². The second-order valence-corrected chi connectivity index (χ2v) is 8.78. The average molecular weight is 445 g/mol. The zero-order chi connectivity index (χ0) is 22.5. The van der Waals surface area contributed by atoms with Gasteiger partial charge in [-0.2, -0.15) is 0 Å². The van der Waals surface area contributed by atoms with E-state index >= 15 is 0 Å². The summed E-state index contributed by atoms with van der Waals surface area (Å²) in [5, 5.41) is 3.24. The molecule has 0 aliphatic carbocycles. The molecular formula is C23H28N2O5S. The van der Waals surface area contributed by atoms with E-state index < -0.39 is 5.97 Å². The molecule has 1 N–H and O–H groups in total. The van der Waals surface area contributed by atoms with E-state index in [9.17, 15) is 14.4 Å². The standard InChI is InChI=1S/C23H28N2O5S/c1-5-29-23(28)21-18-10-11-25(15(4)26)12-19(18)31-22(21)24-20(27)13-30-17-8-6-16(7-9-17)14(2)3/h6-9,14H,5,10-13H2,1-4H3,(H,24,27). The monoisotopic (exact) mass is 444 g/mol. The third kappa shape index (κ3) is 5.44. The minimum atomic E-state index is -0.461. The molecule has 1 aliphatic rings. The summed E-state index contributed by atoms with van der Waals surface area (Å²) in [7, 11) is 0. The fraction of sp³-hybridized carbons (Fsp3) is 0.435. The van der Waals surface area contributed by atoms with E-state index in [4.69, 9.17) is 9.47 Å². The third-order valence-corrected chi connectivity index (χ3v) is 6.28. The van der Waals surface area contributed by atoms with Crippen LogP contribution in [0, 0.1) is 0 Å². The lowest BCUT2D eigenvalue weighted by Crippen LogP contribution is -2.34. The zero-order valence-corrected chi connectivity index (χ0v) is 19.1. The fourth-order valence-corrected chi connectivity index (χ4v) is 4.71. The molecule has 0 fully saturated rings. The molecular weight excluding hydrogens is 416 g/mol. The van der Waals surface area contributed by atoms with E-state index in [-0.39, 0.29) is 25.0 Å². The van der Waals surface area contributed by atoms with Crippen molar-refractivity contribution in [3.8, 4) is 5.75 Å². The van der Waals surface area contributed by atoms with E-state index in [0.717, 1.165) is 10.4 Å². The summed E-state index contributed by atoms with van der Waals surface area (Å²) in [6.07, 6.45) is 0.550. The van der Waals surface area contributed by atoms with E-state index in [0.29, 0.717) is 41.7 Å². The van der Waals surface area contributed by atoms with Gasteiger partial charge in [0.2, 0.25) is 5.91 Å². The Morgan fingerprint density at radius 3 is 2.52 bits per heavy atom. The van der Waals surface area contributed by atoms with Crippen LogP contribution in [0.5, 0.6) is 5.75 Å². The normalized spacial score (nSPS) is 13.0. The van der Waals surface area contributed by atoms with Crippen LogP contribution in [0.25, 0.3) is 0 Å². The number of thiophene rings is 1. The summed E-state index contributed by atoms with van der Waals surface area (Å²) in [5.41, 5.74) is 2.43. The van der Waals surface area contributed by atoms with Crippen molar-refractivity contribution >= 4 is 34.1 Å². The zero-order valence-electron chi connectivity index (χ0n) is 18.3. The van der Waals surface area contributed by atoms with Crippen LogP contribution in [-0.2, 0) is 27.3 Å². The Balaban J connectivity index is 1.72. The number of carbonyl (C=O) groups is 3. The Labute approximate surface area is 186 Å². The maximum atomic E-state index is 12.6. The molecule has 0 bridgehead atoms. The van der Waals surface area contributed by atoms with Crippen LogP contribution in [0.3, 0.4) is 0 Å². The highest BCUT2D eigenvalue weighted by Crippen LogP contribution is 2.37. The lowest BCUT2D eigenvalue weighted by molar-refractivity contribution is -0.129. The lowest BCUT2D eigenvalue weighted by Gasteiger charge is -2.25. The molecule has 1 aliphatic heterocycles. The SMILES string of the molecule is CCOC(=O)c1c(NC(=O)COc2ccc(C(C)C)cc2)sc2c1CCN(C(C)=O)C2. The van der Waals surface area contributed by atoms with Crippen molar-refractivity contribution in [1.29, 1.82) is 0 Å². The highest BCUT2D eigenvalue weighted by atomic mass is 32.1. The molecule has 3 rings (SSSR count). The molecule has 2 heterocycles. The molecule has 0 saturated heterocycles. The van der Waals surface area contributed by atoms with Crippen molar-refractivity contribution in [1.82, 2.24) is 4.90 Å². The second kappa shape index (κ2) is 9.96. The molecule has 0 saturated carbocycles. The van der Waals surface area contributed by atoms with Crippen LogP contribution in [0.1, 0.15) is 60.0 Å². The van der Waals surface area contributed by atoms with Crippen molar-refractivity contribution in [2.45, 2.75) is 46.6 Å². The van der Waals surface area contributed by atoms with Gasteiger partial charge in [0.15, 0.2) is 6.61 Å². The first-order chi connectivity index (χ1) is 14.8. The fourth-order valence-electron chi connectivity index (χ4n) is 3.44. The van der Waals surface area contributed by atoms with Crippen LogP contribution >= 0.6 is 11.3 Å². The Hall–Kier alpha value is -2.87. The number of anilines is 1. The quantitative estimate of drug-likeness (QED) is 0.653. The number of amides is 2. The number of nitrogens with one attached hydrogen (secondary N) is 1. The van der Waals surface area contributed by atoms with Crippen molar-refractivity contribution < 1.29 is 23.9 Å². The maximum Gasteiger partial charge on any atom is 0.341 e. The van der Waals surface area contributed by atoms with E-state index in [2.05, 4.69) is 19.2 Å². The lowest BCUT2D eigenvalue weighted by atomic mass is 10.0. The number of hydrogen-bond acceptors (Lipinski definition) is 6. The third-order valence-electron chi connectivity index (χ3n) is 5.15. The van der Waals surface area contributed by atoms with Gasteiger partial charge in [0.05, 0.1) is 18.7 Å². The van der Waals surface area contributed by atoms with Gasteiger partial charge in [0.1, 0.15) is 10.8 Å². The van der Waals surface area contributed by atoms with Gasteiger partial charge in [-0.05, 0) is 42.5 Å². The average Bonchev–Trinajstić information content (AvgIpc) is 3.09. The summed E-state index contributed by atoms with van der Waals surface area (Å²) >= 11 is 1.31. The Kier molecular flexibility index (Phi) is 7.33. The number of nitrogens with zero attached hydrogens (tertiary/aromatic N) is 1. The van der Waals surface area contributed by atoms with Gasteiger partial charge in [-0.1, -0.05) is 26.0 Å². The first kappa shape index (κ1) is 22.8. The molecule has 0 unspecified atom stereocenters. The number of fused-ring (bicyclic) bond motifs is 1. The van der Waals surface area contributed by atoms with Crippen molar-refractivity contribution in [2.75, 3.05) is 25.1 Å². The molecule has 7 nitrogen and oxygen atoms in total. The molecule has 1 aromatic heterocycles. The molecule has 166 valence electrons. The number of benzene rings is 1. The predicted octanol–water partition coefficient (Wildman–Crippen LogP) is 3.97. The summed E-state index contributed by atoms with van der Waals surface area (Å²) < 4.78 is 10.8. The van der Waals surface area contributed by atoms with Crippen LogP contribution in [-0.4, -0.2) is 42.4 Å². The van der Waals surface area contributed by atoms with Gasteiger partial charge in [-0.3, -0.25) is 9.59 Å².